The first-order valence-electron chi connectivity index (χ1n) is 8.54. The summed E-state index contributed by atoms with van der Waals surface area (Å²) >= 11 is 12.5. The van der Waals surface area contributed by atoms with E-state index in [9.17, 15) is 14.4 Å². The van der Waals surface area contributed by atoms with Crippen LogP contribution in [0.3, 0.4) is 0 Å². The molecule has 2 atom stereocenters. The van der Waals surface area contributed by atoms with Crippen LogP contribution < -0.4 is 10.6 Å². The van der Waals surface area contributed by atoms with E-state index in [4.69, 9.17) is 23.2 Å². The van der Waals surface area contributed by atoms with E-state index in [1.807, 2.05) is 13.0 Å². The lowest BCUT2D eigenvalue weighted by Crippen LogP contribution is -2.43. The summed E-state index contributed by atoms with van der Waals surface area (Å²) in [6, 6.07) is 3.03. The van der Waals surface area contributed by atoms with Gasteiger partial charge in [0.25, 0.3) is 0 Å². The van der Waals surface area contributed by atoms with Crippen molar-refractivity contribution in [2.45, 2.75) is 38.1 Å². The number of hydrogen-bond donors (Lipinski definition) is 2. The minimum absolute atomic E-state index is 0.0477. The van der Waals surface area contributed by atoms with Gasteiger partial charge in [0.15, 0.2) is 0 Å². The van der Waals surface area contributed by atoms with Gasteiger partial charge in [-0.2, -0.15) is 0 Å². The Morgan fingerprint density at radius 3 is 2.77 bits per heavy atom. The highest BCUT2D eigenvalue weighted by Crippen LogP contribution is 2.36. The Labute approximate surface area is 163 Å². The number of carbonyl (C=O) groups is 3. The maximum absolute atomic E-state index is 12.6. The maximum Gasteiger partial charge on any atom is 0.242 e. The predicted molar refractivity (Wildman–Crippen MR) is 101 cm³/mol. The average molecular weight is 400 g/mol. The lowest BCUT2D eigenvalue weighted by atomic mass is 9.95. The molecule has 1 aliphatic heterocycles. The molecule has 6 nitrogen and oxygen atoms in total. The second-order valence-electron chi connectivity index (χ2n) is 6.41. The molecule has 0 aromatic heterocycles. The van der Waals surface area contributed by atoms with Gasteiger partial charge in [-0.25, -0.2) is 0 Å². The monoisotopic (exact) mass is 399 g/mol. The molecule has 0 saturated carbocycles. The number of benzene rings is 1. The standard InChI is InChI=1S/C18H23Cl2N3O3/c1-11-9-23(8-7-12-3-4-13(19)17(20)16(11)12)15(25)6-5-14(22-10-24)18(26)21-2/h3-4,10-11,14H,5-9H2,1-2H3,(H,21,26)(H,22,24). The molecule has 0 bridgehead atoms. The molecule has 0 saturated heterocycles. The summed E-state index contributed by atoms with van der Waals surface area (Å²) < 4.78 is 0. The average Bonchev–Trinajstić information content (AvgIpc) is 2.80. The summed E-state index contributed by atoms with van der Waals surface area (Å²) in [4.78, 5) is 36.8. The number of likely N-dealkylation sites (N-methyl/N-ethyl adjacent to an activating group) is 1. The first-order chi connectivity index (χ1) is 12.4. The molecule has 142 valence electrons. The summed E-state index contributed by atoms with van der Waals surface area (Å²) in [5.41, 5.74) is 2.10. The number of nitrogens with one attached hydrogen (secondary N) is 2. The molecule has 2 unspecified atom stereocenters. The van der Waals surface area contributed by atoms with Crippen molar-refractivity contribution in [1.82, 2.24) is 15.5 Å². The number of fused-ring (bicyclic) bond motifs is 1. The molecule has 0 aliphatic carbocycles. The molecular formula is C18H23Cl2N3O3. The Morgan fingerprint density at radius 2 is 2.12 bits per heavy atom. The van der Waals surface area contributed by atoms with Gasteiger partial charge < -0.3 is 15.5 Å². The minimum atomic E-state index is -0.712. The van der Waals surface area contributed by atoms with Gasteiger partial charge in [-0.1, -0.05) is 36.2 Å². The zero-order valence-electron chi connectivity index (χ0n) is 14.9. The lowest BCUT2D eigenvalue weighted by Gasteiger charge is -2.24. The summed E-state index contributed by atoms with van der Waals surface area (Å²) in [5.74, 6) is -0.304. The van der Waals surface area contributed by atoms with Crippen LogP contribution in [0.2, 0.25) is 10.0 Å². The second-order valence-corrected chi connectivity index (χ2v) is 7.20. The van der Waals surface area contributed by atoms with Crippen LogP contribution in [0.15, 0.2) is 12.1 Å². The Morgan fingerprint density at radius 1 is 1.38 bits per heavy atom. The van der Waals surface area contributed by atoms with Gasteiger partial charge in [0.05, 0.1) is 10.0 Å². The Bertz CT molecular complexity index is 697. The first-order valence-corrected chi connectivity index (χ1v) is 9.30. The molecule has 0 radical (unpaired) electrons. The van der Waals surface area contributed by atoms with E-state index < -0.39 is 6.04 Å². The fourth-order valence-corrected chi connectivity index (χ4v) is 3.86. The third kappa shape index (κ3) is 4.68. The van der Waals surface area contributed by atoms with Crippen LogP contribution in [0.5, 0.6) is 0 Å². The van der Waals surface area contributed by atoms with Crippen molar-refractivity contribution in [2.75, 3.05) is 20.1 Å². The quantitative estimate of drug-likeness (QED) is 0.719. The van der Waals surface area contributed by atoms with E-state index in [1.54, 1.807) is 11.0 Å². The Hall–Kier alpha value is -1.79. The van der Waals surface area contributed by atoms with E-state index in [0.29, 0.717) is 36.0 Å². The van der Waals surface area contributed by atoms with E-state index in [0.717, 1.165) is 11.1 Å². The zero-order chi connectivity index (χ0) is 19.3. The van der Waals surface area contributed by atoms with Crippen molar-refractivity contribution in [2.24, 2.45) is 0 Å². The molecule has 1 aromatic rings. The summed E-state index contributed by atoms with van der Waals surface area (Å²) in [6.07, 6.45) is 1.60. The van der Waals surface area contributed by atoms with E-state index in [1.165, 1.54) is 7.05 Å². The van der Waals surface area contributed by atoms with Crippen LogP contribution >= 0.6 is 23.2 Å². The van der Waals surface area contributed by atoms with E-state index >= 15 is 0 Å². The summed E-state index contributed by atoms with van der Waals surface area (Å²) in [6.45, 7) is 3.14. The largest absolute Gasteiger partial charge is 0.357 e. The maximum atomic E-state index is 12.6. The normalized spacial score (nSPS) is 17.7. The molecular weight excluding hydrogens is 377 g/mol. The number of nitrogens with zero attached hydrogens (tertiary/aromatic N) is 1. The van der Waals surface area contributed by atoms with Gasteiger partial charge >= 0.3 is 0 Å². The van der Waals surface area contributed by atoms with Crippen LogP contribution in [0.4, 0.5) is 0 Å². The molecule has 1 aromatic carbocycles. The Kier molecular flexibility index (Phi) is 7.29. The van der Waals surface area contributed by atoms with Crippen molar-refractivity contribution in [3.8, 4) is 0 Å². The molecule has 0 spiro atoms. The predicted octanol–water partition coefficient (Wildman–Crippen LogP) is 2.12. The van der Waals surface area contributed by atoms with Gasteiger partial charge in [-0.3, -0.25) is 14.4 Å². The van der Waals surface area contributed by atoms with E-state index in [-0.39, 0.29) is 30.6 Å². The van der Waals surface area contributed by atoms with Crippen LogP contribution in [0.1, 0.15) is 36.8 Å². The SMILES string of the molecule is CNC(=O)C(CCC(=O)N1CCc2ccc(Cl)c(Cl)c2C(C)C1)NC=O. The highest BCUT2D eigenvalue weighted by atomic mass is 35.5. The smallest absolute Gasteiger partial charge is 0.242 e. The van der Waals surface area contributed by atoms with Crippen LogP contribution in [0, 0.1) is 0 Å². The molecule has 2 rings (SSSR count). The van der Waals surface area contributed by atoms with Crippen molar-refractivity contribution in [3.05, 3.63) is 33.3 Å². The molecule has 1 heterocycles. The summed E-state index contributed by atoms with van der Waals surface area (Å²) in [5, 5.41) is 6.00. The lowest BCUT2D eigenvalue weighted by molar-refractivity contribution is -0.132. The number of halogens is 2. The Balaban J connectivity index is 2.04. The van der Waals surface area contributed by atoms with Crippen molar-refractivity contribution >= 4 is 41.4 Å². The second kappa shape index (κ2) is 9.24. The molecule has 8 heteroatoms. The van der Waals surface area contributed by atoms with Crippen molar-refractivity contribution in [1.29, 1.82) is 0 Å². The molecule has 1 aliphatic rings. The van der Waals surface area contributed by atoms with Crippen molar-refractivity contribution in [3.63, 3.8) is 0 Å². The van der Waals surface area contributed by atoms with Crippen molar-refractivity contribution < 1.29 is 14.4 Å². The highest BCUT2D eigenvalue weighted by Gasteiger charge is 2.27. The first kappa shape index (κ1) is 20.5. The van der Waals surface area contributed by atoms with Gasteiger partial charge in [-0.15, -0.1) is 0 Å². The fourth-order valence-electron chi connectivity index (χ4n) is 3.32. The zero-order valence-corrected chi connectivity index (χ0v) is 16.4. The third-order valence-electron chi connectivity index (χ3n) is 4.69. The van der Waals surface area contributed by atoms with Gasteiger partial charge in [0, 0.05) is 32.5 Å². The highest BCUT2D eigenvalue weighted by molar-refractivity contribution is 6.42. The van der Waals surface area contributed by atoms with Crippen LogP contribution in [-0.4, -0.2) is 49.3 Å². The number of amides is 3. The molecule has 2 N–H and O–H groups in total. The number of hydrogen-bond acceptors (Lipinski definition) is 3. The van der Waals surface area contributed by atoms with Crippen LogP contribution in [0.25, 0.3) is 0 Å². The molecule has 26 heavy (non-hydrogen) atoms. The summed E-state index contributed by atoms with van der Waals surface area (Å²) in [7, 11) is 1.49. The fraction of sp³-hybridized carbons (Fsp3) is 0.500. The molecule has 3 amide bonds. The molecule has 0 fully saturated rings. The number of rotatable bonds is 6. The minimum Gasteiger partial charge on any atom is -0.357 e. The van der Waals surface area contributed by atoms with Gasteiger partial charge in [-0.05, 0) is 30.0 Å². The van der Waals surface area contributed by atoms with Gasteiger partial charge in [0.1, 0.15) is 6.04 Å². The third-order valence-corrected chi connectivity index (χ3v) is 5.51. The van der Waals surface area contributed by atoms with Crippen LogP contribution in [-0.2, 0) is 20.8 Å². The topological polar surface area (TPSA) is 78.5 Å². The van der Waals surface area contributed by atoms with Gasteiger partial charge in [0.2, 0.25) is 18.2 Å². The van der Waals surface area contributed by atoms with E-state index in [2.05, 4.69) is 10.6 Å². The number of carbonyl (C=O) groups excluding carboxylic acids is 3.